The molecule has 0 aliphatic carbocycles. The zero-order chi connectivity index (χ0) is 16.3. The minimum Gasteiger partial charge on any atom is -0.325 e. The molecule has 2 rings (SSSR count). The smallest absolute Gasteiger partial charge is 0.325 e. The van der Waals surface area contributed by atoms with Crippen LogP contribution in [0.25, 0.3) is 0 Å². The Morgan fingerprint density at radius 1 is 1.32 bits per heavy atom. The molecule has 0 bridgehead atoms. The first-order valence-electron chi connectivity index (χ1n) is 7.10. The van der Waals surface area contributed by atoms with E-state index >= 15 is 0 Å². The highest BCUT2D eigenvalue weighted by Crippen LogP contribution is 2.22. The lowest BCUT2D eigenvalue weighted by Crippen LogP contribution is -2.31. The van der Waals surface area contributed by atoms with Gasteiger partial charge in [-0.1, -0.05) is 0 Å². The molecule has 0 fully saturated rings. The van der Waals surface area contributed by atoms with Crippen LogP contribution < -0.4 is 0 Å². The third-order valence-electron chi connectivity index (χ3n) is 3.54. The van der Waals surface area contributed by atoms with E-state index in [-0.39, 0.29) is 6.04 Å². The number of alkyl halides is 3. The fourth-order valence-electron chi connectivity index (χ4n) is 2.18. The molecule has 0 radical (unpaired) electrons. The van der Waals surface area contributed by atoms with Crippen molar-refractivity contribution in [1.29, 1.82) is 0 Å². The quantitative estimate of drug-likeness (QED) is 0.790. The van der Waals surface area contributed by atoms with Crippen LogP contribution >= 0.6 is 11.3 Å². The fraction of sp³-hybridized carbons (Fsp3) is 0.533. The van der Waals surface area contributed by atoms with Gasteiger partial charge in [-0.05, 0) is 37.8 Å². The Kier molecular flexibility index (Phi) is 5.28. The van der Waals surface area contributed by atoms with E-state index < -0.39 is 12.7 Å². The van der Waals surface area contributed by atoms with Gasteiger partial charge in [-0.2, -0.15) is 13.2 Å². The first kappa shape index (κ1) is 17.0. The Labute approximate surface area is 132 Å². The summed E-state index contributed by atoms with van der Waals surface area (Å²) in [7, 11) is 0. The van der Waals surface area contributed by atoms with E-state index in [0.29, 0.717) is 12.4 Å². The van der Waals surface area contributed by atoms with Gasteiger partial charge in [0.2, 0.25) is 0 Å². The monoisotopic (exact) mass is 331 g/mol. The predicted octanol–water partition coefficient (Wildman–Crippen LogP) is 4.23. The molecule has 0 atom stereocenters. The van der Waals surface area contributed by atoms with E-state index in [1.165, 1.54) is 27.4 Å². The maximum Gasteiger partial charge on any atom is 0.406 e. The number of hydrogen-bond acceptors (Lipinski definition) is 3. The van der Waals surface area contributed by atoms with E-state index in [1.807, 2.05) is 19.2 Å². The molecular weight excluding hydrogens is 311 g/mol. The Morgan fingerprint density at radius 2 is 2.05 bits per heavy atom. The molecule has 0 amide bonds. The van der Waals surface area contributed by atoms with Gasteiger partial charge in [0.15, 0.2) is 0 Å². The number of aryl methyl sites for hydroxylation is 1. The number of thiophene rings is 1. The van der Waals surface area contributed by atoms with Gasteiger partial charge in [0.25, 0.3) is 0 Å². The van der Waals surface area contributed by atoms with Gasteiger partial charge in [0, 0.05) is 29.9 Å². The standard InChI is InChI=1S/C15H20F3N3S/c1-11(2)21(8-13-12(3)4-7-22-13)9-14-19-5-6-20(14)10-15(16,17)18/h4-7,11H,8-10H2,1-3H3. The number of imidazole rings is 1. The van der Waals surface area contributed by atoms with Gasteiger partial charge in [-0.15, -0.1) is 11.3 Å². The Bertz CT molecular complexity index is 601. The second-order valence-electron chi connectivity index (χ2n) is 5.61. The van der Waals surface area contributed by atoms with Gasteiger partial charge in [-0.25, -0.2) is 4.98 Å². The number of rotatable bonds is 6. The predicted molar refractivity (Wildman–Crippen MR) is 81.7 cm³/mol. The topological polar surface area (TPSA) is 21.1 Å². The molecule has 0 aliphatic heterocycles. The number of halogens is 3. The molecule has 0 N–H and O–H groups in total. The minimum atomic E-state index is -4.23. The van der Waals surface area contributed by atoms with Crippen molar-refractivity contribution in [2.45, 2.75) is 52.6 Å². The molecule has 2 heterocycles. The van der Waals surface area contributed by atoms with Crippen LogP contribution in [0.2, 0.25) is 0 Å². The third-order valence-corrected chi connectivity index (χ3v) is 4.55. The Morgan fingerprint density at radius 3 is 2.59 bits per heavy atom. The zero-order valence-corrected chi connectivity index (χ0v) is 13.7. The van der Waals surface area contributed by atoms with Gasteiger partial charge in [0.1, 0.15) is 12.4 Å². The van der Waals surface area contributed by atoms with E-state index in [2.05, 4.69) is 22.9 Å². The summed E-state index contributed by atoms with van der Waals surface area (Å²) < 4.78 is 39.0. The summed E-state index contributed by atoms with van der Waals surface area (Å²) in [5.41, 5.74) is 1.22. The van der Waals surface area contributed by atoms with E-state index in [1.54, 1.807) is 11.3 Å². The summed E-state index contributed by atoms with van der Waals surface area (Å²) in [4.78, 5) is 7.47. The number of aromatic nitrogens is 2. The van der Waals surface area contributed by atoms with Crippen molar-refractivity contribution in [1.82, 2.24) is 14.5 Å². The first-order valence-corrected chi connectivity index (χ1v) is 7.98. The first-order chi connectivity index (χ1) is 10.3. The number of hydrogen-bond donors (Lipinski definition) is 0. The van der Waals surface area contributed by atoms with E-state index in [9.17, 15) is 13.2 Å². The molecule has 7 heteroatoms. The lowest BCUT2D eigenvalue weighted by molar-refractivity contribution is -0.141. The highest BCUT2D eigenvalue weighted by atomic mass is 32.1. The van der Waals surface area contributed by atoms with Crippen LogP contribution in [0.3, 0.4) is 0 Å². The summed E-state index contributed by atoms with van der Waals surface area (Å²) in [6.45, 7) is 6.26. The minimum absolute atomic E-state index is 0.220. The van der Waals surface area contributed by atoms with E-state index in [4.69, 9.17) is 0 Å². The van der Waals surface area contributed by atoms with Crippen LogP contribution in [0, 0.1) is 6.92 Å². The molecule has 0 aliphatic rings. The molecule has 0 spiro atoms. The molecule has 122 valence electrons. The molecule has 0 saturated carbocycles. The Balaban J connectivity index is 2.12. The van der Waals surface area contributed by atoms with Crippen molar-refractivity contribution in [3.05, 3.63) is 40.1 Å². The number of nitrogens with zero attached hydrogens (tertiary/aromatic N) is 3. The van der Waals surface area contributed by atoms with Gasteiger partial charge < -0.3 is 4.57 Å². The van der Waals surface area contributed by atoms with Crippen molar-refractivity contribution < 1.29 is 13.2 Å². The maximum absolute atomic E-state index is 12.6. The van der Waals surface area contributed by atoms with Crippen molar-refractivity contribution >= 4 is 11.3 Å². The average molecular weight is 331 g/mol. The van der Waals surface area contributed by atoms with Crippen molar-refractivity contribution in [3.8, 4) is 0 Å². The largest absolute Gasteiger partial charge is 0.406 e. The summed E-state index contributed by atoms with van der Waals surface area (Å²) >= 11 is 1.67. The Hall–Kier alpha value is -1.34. The summed E-state index contributed by atoms with van der Waals surface area (Å²) in [5.74, 6) is 0.445. The van der Waals surface area contributed by atoms with Crippen molar-refractivity contribution in [2.24, 2.45) is 0 Å². The molecule has 3 nitrogen and oxygen atoms in total. The van der Waals surface area contributed by atoms with Crippen LogP contribution in [0.4, 0.5) is 13.2 Å². The molecule has 2 aromatic heterocycles. The summed E-state index contributed by atoms with van der Waals surface area (Å²) in [5, 5.41) is 2.04. The fourth-order valence-corrected chi connectivity index (χ4v) is 3.11. The van der Waals surface area contributed by atoms with Crippen molar-refractivity contribution in [2.75, 3.05) is 0 Å². The molecule has 0 saturated heterocycles. The van der Waals surface area contributed by atoms with Gasteiger partial charge in [-0.3, -0.25) is 4.90 Å². The van der Waals surface area contributed by atoms with Crippen LogP contribution in [0.5, 0.6) is 0 Å². The highest BCUT2D eigenvalue weighted by Gasteiger charge is 2.29. The molecule has 22 heavy (non-hydrogen) atoms. The lowest BCUT2D eigenvalue weighted by Gasteiger charge is -2.26. The average Bonchev–Trinajstić information content (AvgIpc) is 2.97. The molecule has 0 aromatic carbocycles. The highest BCUT2D eigenvalue weighted by molar-refractivity contribution is 7.10. The normalized spacial score (nSPS) is 12.5. The van der Waals surface area contributed by atoms with Gasteiger partial charge >= 0.3 is 6.18 Å². The van der Waals surface area contributed by atoms with Crippen LogP contribution in [0.15, 0.2) is 23.8 Å². The third kappa shape index (κ3) is 4.58. The molecule has 0 unspecified atom stereocenters. The molecular formula is C15H20F3N3S. The second-order valence-corrected chi connectivity index (χ2v) is 6.61. The van der Waals surface area contributed by atoms with Crippen LogP contribution in [-0.4, -0.2) is 26.7 Å². The SMILES string of the molecule is Cc1ccsc1CN(Cc1nccn1CC(F)(F)F)C(C)C. The van der Waals surface area contributed by atoms with Crippen LogP contribution in [-0.2, 0) is 19.6 Å². The zero-order valence-electron chi connectivity index (χ0n) is 12.9. The summed E-state index contributed by atoms with van der Waals surface area (Å²) in [6.07, 6.45) is -1.42. The second kappa shape index (κ2) is 6.83. The van der Waals surface area contributed by atoms with Gasteiger partial charge in [0.05, 0.1) is 6.54 Å². The molecule has 2 aromatic rings. The van der Waals surface area contributed by atoms with E-state index in [0.717, 1.165) is 6.54 Å². The lowest BCUT2D eigenvalue weighted by atomic mass is 10.2. The van der Waals surface area contributed by atoms with Crippen LogP contribution in [0.1, 0.15) is 30.1 Å². The summed E-state index contributed by atoms with van der Waals surface area (Å²) in [6, 6.07) is 2.28. The maximum atomic E-state index is 12.6. The van der Waals surface area contributed by atoms with Crippen molar-refractivity contribution in [3.63, 3.8) is 0 Å².